The predicted octanol–water partition coefficient (Wildman–Crippen LogP) is 8.31. The molecule has 230 valence electrons. The van der Waals surface area contributed by atoms with Crippen molar-refractivity contribution in [3.8, 4) is 0 Å². The summed E-state index contributed by atoms with van der Waals surface area (Å²) >= 11 is 0. The van der Waals surface area contributed by atoms with Crippen LogP contribution in [0.5, 0.6) is 0 Å². The van der Waals surface area contributed by atoms with Gasteiger partial charge in [0.25, 0.3) is 0 Å². The Balaban J connectivity index is 3.80. The van der Waals surface area contributed by atoms with Gasteiger partial charge in [0.2, 0.25) is 5.91 Å². The lowest BCUT2D eigenvalue weighted by Crippen LogP contribution is -2.48. The van der Waals surface area contributed by atoms with Crippen LogP contribution in [0.1, 0.15) is 162 Å². The number of aliphatic hydroxyl groups is 3. The van der Waals surface area contributed by atoms with Gasteiger partial charge in [0.15, 0.2) is 0 Å². The second-order valence-electron chi connectivity index (χ2n) is 11.4. The predicted molar refractivity (Wildman–Crippen MR) is 167 cm³/mol. The van der Waals surface area contributed by atoms with E-state index in [4.69, 9.17) is 0 Å². The third-order valence-corrected chi connectivity index (χ3v) is 7.54. The van der Waals surface area contributed by atoms with E-state index in [9.17, 15) is 20.1 Å². The van der Waals surface area contributed by atoms with Crippen LogP contribution in [0.15, 0.2) is 24.3 Å². The minimum atomic E-state index is -1.10. The summed E-state index contributed by atoms with van der Waals surface area (Å²) in [4.78, 5) is 12.3. The molecule has 0 bridgehead atoms. The summed E-state index contributed by atoms with van der Waals surface area (Å²) < 4.78 is 0. The highest BCUT2D eigenvalue weighted by Crippen LogP contribution is 2.13. The van der Waals surface area contributed by atoms with Gasteiger partial charge in [0.1, 0.15) is 6.10 Å². The molecule has 0 saturated heterocycles. The summed E-state index contributed by atoms with van der Waals surface area (Å²) in [6.45, 7) is 4.10. The van der Waals surface area contributed by atoms with E-state index >= 15 is 0 Å². The number of hydrogen-bond acceptors (Lipinski definition) is 4. The minimum Gasteiger partial charge on any atom is -0.394 e. The Morgan fingerprint density at radius 1 is 0.615 bits per heavy atom. The third kappa shape index (κ3) is 25.5. The molecule has 0 aliphatic carbocycles. The van der Waals surface area contributed by atoms with Gasteiger partial charge in [-0.25, -0.2) is 0 Å². The van der Waals surface area contributed by atoms with Gasteiger partial charge in [-0.1, -0.05) is 147 Å². The Morgan fingerprint density at radius 3 is 1.56 bits per heavy atom. The number of rotatable bonds is 29. The minimum absolute atomic E-state index is 0.367. The van der Waals surface area contributed by atoms with Gasteiger partial charge >= 0.3 is 0 Å². The average molecular weight is 552 g/mol. The molecule has 0 aliphatic rings. The van der Waals surface area contributed by atoms with Crippen molar-refractivity contribution in [2.45, 2.75) is 180 Å². The molecule has 0 rings (SSSR count). The zero-order valence-corrected chi connectivity index (χ0v) is 25.8. The monoisotopic (exact) mass is 551 g/mol. The van der Waals surface area contributed by atoms with Crippen LogP contribution in [0.4, 0.5) is 0 Å². The molecule has 5 nitrogen and oxygen atoms in total. The summed E-state index contributed by atoms with van der Waals surface area (Å²) in [5.74, 6) is -0.517. The first-order chi connectivity index (χ1) is 19.1. The van der Waals surface area contributed by atoms with Crippen LogP contribution in [0, 0.1) is 0 Å². The number of carbonyl (C=O) groups excluding carboxylic acids is 1. The summed E-state index contributed by atoms with van der Waals surface area (Å²) in [7, 11) is 0. The molecule has 0 aromatic carbocycles. The summed E-state index contributed by atoms with van der Waals surface area (Å²) in [6, 6.07) is -0.797. The molecule has 3 unspecified atom stereocenters. The van der Waals surface area contributed by atoms with E-state index in [2.05, 4.69) is 31.3 Å². The Hall–Kier alpha value is -1.17. The van der Waals surface area contributed by atoms with Gasteiger partial charge in [0.05, 0.1) is 18.8 Å². The quantitative estimate of drug-likeness (QED) is 0.0556. The van der Waals surface area contributed by atoms with Crippen molar-refractivity contribution in [1.29, 1.82) is 0 Å². The molecule has 5 heteroatoms. The number of hydrogen-bond donors (Lipinski definition) is 4. The maximum absolute atomic E-state index is 12.3. The maximum Gasteiger partial charge on any atom is 0.249 e. The van der Waals surface area contributed by atoms with Gasteiger partial charge in [-0.15, -0.1) is 0 Å². The largest absolute Gasteiger partial charge is 0.394 e. The van der Waals surface area contributed by atoms with Crippen molar-refractivity contribution in [1.82, 2.24) is 5.32 Å². The van der Waals surface area contributed by atoms with Crippen LogP contribution in [-0.4, -0.2) is 46.1 Å². The fraction of sp³-hybridized carbons (Fsp3) is 0.853. The van der Waals surface area contributed by atoms with Crippen molar-refractivity contribution < 1.29 is 20.1 Å². The van der Waals surface area contributed by atoms with Gasteiger partial charge in [0, 0.05) is 0 Å². The molecule has 0 spiro atoms. The SMILES string of the molecule is CCCC/C=C\CCCCCCC(O)C(=O)NC(CO)C(O)/C=C/CCCCCCCCCCCCCCC. The molecule has 4 N–H and O–H groups in total. The highest BCUT2D eigenvalue weighted by Gasteiger charge is 2.22. The van der Waals surface area contributed by atoms with Crippen LogP contribution in [0.3, 0.4) is 0 Å². The second kappa shape index (κ2) is 29.8. The molecule has 0 aromatic rings. The van der Waals surface area contributed by atoms with Crippen LogP contribution < -0.4 is 5.32 Å². The molecule has 0 aromatic heterocycles. The molecule has 0 fully saturated rings. The van der Waals surface area contributed by atoms with E-state index in [0.29, 0.717) is 6.42 Å². The van der Waals surface area contributed by atoms with Gasteiger partial charge in [-0.2, -0.15) is 0 Å². The van der Waals surface area contributed by atoms with Gasteiger partial charge in [-0.05, 0) is 38.5 Å². The molecule has 0 saturated carbocycles. The maximum atomic E-state index is 12.3. The zero-order chi connectivity index (χ0) is 28.8. The smallest absolute Gasteiger partial charge is 0.249 e. The number of unbranched alkanes of at least 4 members (excludes halogenated alkanes) is 19. The Morgan fingerprint density at radius 2 is 1.05 bits per heavy atom. The first kappa shape index (κ1) is 37.8. The average Bonchev–Trinajstić information content (AvgIpc) is 2.94. The van der Waals surface area contributed by atoms with Crippen LogP contribution >= 0.6 is 0 Å². The highest BCUT2D eigenvalue weighted by atomic mass is 16.3. The van der Waals surface area contributed by atoms with E-state index < -0.39 is 24.2 Å². The zero-order valence-electron chi connectivity index (χ0n) is 25.8. The molecular formula is C34H65NO4. The standard InChI is InChI=1S/C34H65NO4/c1-3-5-7-9-11-13-15-16-17-18-19-21-22-24-26-28-32(37)31(30-36)35-34(39)33(38)29-27-25-23-20-14-12-10-8-6-4-2/h10,12,26,28,31-33,36-38H,3-9,11,13-25,27,29-30H2,1-2H3,(H,35,39)/b12-10-,28-26+. The lowest BCUT2D eigenvalue weighted by Gasteiger charge is -2.21. The van der Waals surface area contributed by atoms with E-state index in [-0.39, 0.29) is 6.61 Å². The molecule has 1 amide bonds. The van der Waals surface area contributed by atoms with Crippen LogP contribution in [-0.2, 0) is 4.79 Å². The number of allylic oxidation sites excluding steroid dienone is 3. The van der Waals surface area contributed by atoms with E-state index in [1.165, 1.54) is 89.9 Å². The number of amides is 1. The molecule has 0 aliphatic heterocycles. The Labute approximate surface area is 241 Å². The number of aliphatic hydroxyl groups excluding tert-OH is 3. The van der Waals surface area contributed by atoms with Crippen molar-refractivity contribution >= 4 is 5.91 Å². The summed E-state index contributed by atoms with van der Waals surface area (Å²) in [5.41, 5.74) is 0. The Bertz CT molecular complexity index is 578. The van der Waals surface area contributed by atoms with Crippen LogP contribution in [0.2, 0.25) is 0 Å². The van der Waals surface area contributed by atoms with Gasteiger partial charge in [-0.3, -0.25) is 4.79 Å². The van der Waals surface area contributed by atoms with Gasteiger partial charge < -0.3 is 20.6 Å². The summed E-state index contributed by atoms with van der Waals surface area (Å²) in [6.07, 6.45) is 33.3. The molecule has 3 atom stereocenters. The Kier molecular flexibility index (Phi) is 28.9. The van der Waals surface area contributed by atoms with Crippen molar-refractivity contribution in [2.24, 2.45) is 0 Å². The van der Waals surface area contributed by atoms with E-state index in [1.807, 2.05) is 6.08 Å². The fourth-order valence-corrected chi connectivity index (χ4v) is 4.81. The molecule has 39 heavy (non-hydrogen) atoms. The molecular weight excluding hydrogens is 486 g/mol. The van der Waals surface area contributed by atoms with Crippen LogP contribution in [0.25, 0.3) is 0 Å². The molecule has 0 radical (unpaired) electrons. The normalized spacial score (nSPS) is 14.3. The van der Waals surface area contributed by atoms with Crippen molar-refractivity contribution in [3.05, 3.63) is 24.3 Å². The molecule has 0 heterocycles. The van der Waals surface area contributed by atoms with E-state index in [1.54, 1.807) is 6.08 Å². The van der Waals surface area contributed by atoms with Crippen molar-refractivity contribution in [3.63, 3.8) is 0 Å². The topological polar surface area (TPSA) is 89.8 Å². The lowest BCUT2D eigenvalue weighted by molar-refractivity contribution is -0.131. The lowest BCUT2D eigenvalue weighted by atomic mass is 10.0. The number of nitrogens with one attached hydrogen (secondary N) is 1. The summed E-state index contributed by atoms with van der Waals surface area (Å²) in [5, 5.41) is 32.8. The van der Waals surface area contributed by atoms with Crippen molar-refractivity contribution in [2.75, 3.05) is 6.61 Å². The second-order valence-corrected chi connectivity index (χ2v) is 11.4. The highest BCUT2D eigenvalue weighted by molar-refractivity contribution is 5.80. The fourth-order valence-electron chi connectivity index (χ4n) is 4.81. The third-order valence-electron chi connectivity index (χ3n) is 7.54. The number of carbonyl (C=O) groups is 1. The first-order valence-corrected chi connectivity index (χ1v) is 16.7. The van der Waals surface area contributed by atoms with E-state index in [0.717, 1.165) is 51.4 Å². The first-order valence-electron chi connectivity index (χ1n) is 16.7.